The van der Waals surface area contributed by atoms with Gasteiger partial charge in [0.1, 0.15) is 6.10 Å². The van der Waals surface area contributed by atoms with Crippen molar-refractivity contribution in [1.82, 2.24) is 0 Å². The molecule has 0 saturated carbocycles. The molecule has 0 radical (unpaired) electrons. The van der Waals surface area contributed by atoms with Crippen LogP contribution in [0.15, 0.2) is 24.3 Å². The summed E-state index contributed by atoms with van der Waals surface area (Å²) in [4.78, 5) is 12.1. The molecule has 0 aliphatic carbocycles. The van der Waals surface area contributed by atoms with Crippen LogP contribution < -0.4 is 0 Å². The Balaban J connectivity index is 2.53. The van der Waals surface area contributed by atoms with Gasteiger partial charge in [-0.3, -0.25) is 0 Å². The molecule has 2 heteroatoms. The van der Waals surface area contributed by atoms with Crippen LogP contribution in [0.4, 0.5) is 0 Å². The first-order valence-electron chi connectivity index (χ1n) is 7.88. The first-order valence-corrected chi connectivity index (χ1v) is 7.88. The van der Waals surface area contributed by atoms with Crippen LogP contribution in [0, 0.1) is 12.8 Å². The second-order valence-corrected chi connectivity index (χ2v) is 5.56. The van der Waals surface area contributed by atoms with E-state index in [4.69, 9.17) is 4.74 Å². The Labute approximate surface area is 123 Å². The SMILES string of the molecule is CCC(CC)CCC(CC)OC(=O)c1cccc(C)c1. The van der Waals surface area contributed by atoms with E-state index < -0.39 is 0 Å². The minimum atomic E-state index is -0.190. The Hall–Kier alpha value is -1.31. The Morgan fingerprint density at radius 3 is 2.35 bits per heavy atom. The van der Waals surface area contributed by atoms with Crippen LogP contribution in [-0.4, -0.2) is 12.1 Å². The van der Waals surface area contributed by atoms with E-state index in [1.807, 2.05) is 31.2 Å². The Kier molecular flexibility index (Phi) is 7.35. The first-order chi connectivity index (χ1) is 9.60. The molecule has 1 aromatic carbocycles. The van der Waals surface area contributed by atoms with Gasteiger partial charge in [-0.25, -0.2) is 4.79 Å². The van der Waals surface area contributed by atoms with Crippen molar-refractivity contribution in [2.45, 2.75) is 65.9 Å². The fourth-order valence-electron chi connectivity index (χ4n) is 2.46. The van der Waals surface area contributed by atoms with Crippen molar-refractivity contribution in [1.29, 1.82) is 0 Å². The summed E-state index contributed by atoms with van der Waals surface area (Å²) in [5.74, 6) is 0.562. The average Bonchev–Trinajstić information content (AvgIpc) is 2.46. The van der Waals surface area contributed by atoms with Gasteiger partial charge in [-0.05, 0) is 44.2 Å². The summed E-state index contributed by atoms with van der Waals surface area (Å²) in [5, 5.41) is 0. The van der Waals surface area contributed by atoms with Crippen molar-refractivity contribution in [2.75, 3.05) is 0 Å². The predicted octanol–water partition coefficient (Wildman–Crippen LogP) is 5.15. The number of rotatable bonds is 8. The maximum absolute atomic E-state index is 12.1. The number of aryl methyl sites for hydroxylation is 1. The third-order valence-corrected chi connectivity index (χ3v) is 4.03. The van der Waals surface area contributed by atoms with Gasteiger partial charge in [0.15, 0.2) is 0 Å². The van der Waals surface area contributed by atoms with Gasteiger partial charge in [0.25, 0.3) is 0 Å². The van der Waals surface area contributed by atoms with Crippen molar-refractivity contribution in [3.63, 3.8) is 0 Å². The van der Waals surface area contributed by atoms with E-state index in [-0.39, 0.29) is 12.1 Å². The predicted molar refractivity (Wildman–Crippen MR) is 84.0 cm³/mol. The molecule has 1 atom stereocenters. The number of hydrogen-bond donors (Lipinski definition) is 0. The maximum atomic E-state index is 12.1. The summed E-state index contributed by atoms with van der Waals surface area (Å²) in [6.07, 6.45) is 5.46. The van der Waals surface area contributed by atoms with Crippen LogP contribution in [0.1, 0.15) is 68.8 Å². The van der Waals surface area contributed by atoms with Gasteiger partial charge in [-0.15, -0.1) is 0 Å². The second kappa shape index (κ2) is 8.78. The Morgan fingerprint density at radius 1 is 1.10 bits per heavy atom. The summed E-state index contributed by atoms with van der Waals surface area (Å²) in [7, 11) is 0. The number of carbonyl (C=O) groups excluding carboxylic acids is 1. The largest absolute Gasteiger partial charge is 0.459 e. The van der Waals surface area contributed by atoms with Gasteiger partial charge in [-0.1, -0.05) is 51.3 Å². The molecule has 0 amide bonds. The van der Waals surface area contributed by atoms with Crippen LogP contribution in [0.25, 0.3) is 0 Å². The molecule has 0 fully saturated rings. The minimum absolute atomic E-state index is 0.0450. The monoisotopic (exact) mass is 276 g/mol. The van der Waals surface area contributed by atoms with Gasteiger partial charge in [0.2, 0.25) is 0 Å². The van der Waals surface area contributed by atoms with E-state index in [0.717, 1.165) is 30.7 Å². The highest BCUT2D eigenvalue weighted by molar-refractivity contribution is 5.89. The molecule has 1 aromatic rings. The minimum Gasteiger partial charge on any atom is -0.459 e. The lowest BCUT2D eigenvalue weighted by Gasteiger charge is -2.19. The van der Waals surface area contributed by atoms with E-state index in [1.165, 1.54) is 12.8 Å². The molecule has 0 aliphatic rings. The fraction of sp³-hybridized carbons (Fsp3) is 0.611. The summed E-state index contributed by atoms with van der Waals surface area (Å²) in [6.45, 7) is 8.53. The number of benzene rings is 1. The van der Waals surface area contributed by atoms with E-state index in [0.29, 0.717) is 5.56 Å². The van der Waals surface area contributed by atoms with Crippen LogP contribution in [0.3, 0.4) is 0 Å². The normalized spacial score (nSPS) is 12.4. The van der Waals surface area contributed by atoms with Gasteiger partial charge in [0.05, 0.1) is 5.56 Å². The summed E-state index contributed by atoms with van der Waals surface area (Å²) in [6, 6.07) is 7.59. The maximum Gasteiger partial charge on any atom is 0.338 e. The van der Waals surface area contributed by atoms with E-state index >= 15 is 0 Å². The molecule has 0 N–H and O–H groups in total. The van der Waals surface area contributed by atoms with Crippen LogP contribution >= 0.6 is 0 Å². The van der Waals surface area contributed by atoms with Gasteiger partial charge >= 0.3 is 5.97 Å². The first kappa shape index (κ1) is 16.7. The molecule has 0 spiro atoms. The molecule has 0 saturated heterocycles. The highest BCUT2D eigenvalue weighted by Crippen LogP contribution is 2.19. The van der Waals surface area contributed by atoms with E-state index in [9.17, 15) is 4.79 Å². The molecule has 2 nitrogen and oxygen atoms in total. The molecule has 0 bridgehead atoms. The number of hydrogen-bond acceptors (Lipinski definition) is 2. The van der Waals surface area contributed by atoms with Gasteiger partial charge in [0, 0.05) is 0 Å². The second-order valence-electron chi connectivity index (χ2n) is 5.56. The zero-order valence-electron chi connectivity index (χ0n) is 13.3. The fourth-order valence-corrected chi connectivity index (χ4v) is 2.46. The summed E-state index contributed by atoms with van der Waals surface area (Å²) < 4.78 is 5.64. The van der Waals surface area contributed by atoms with Crippen LogP contribution in [0.5, 0.6) is 0 Å². The average molecular weight is 276 g/mol. The number of esters is 1. The molecule has 0 aromatic heterocycles. The smallest absolute Gasteiger partial charge is 0.338 e. The third-order valence-electron chi connectivity index (χ3n) is 4.03. The molecule has 1 rings (SSSR count). The van der Waals surface area contributed by atoms with E-state index in [1.54, 1.807) is 0 Å². The van der Waals surface area contributed by atoms with Crippen LogP contribution in [0.2, 0.25) is 0 Å². The quantitative estimate of drug-likeness (QED) is 0.614. The Bertz CT molecular complexity index is 408. The summed E-state index contributed by atoms with van der Waals surface area (Å²) in [5.41, 5.74) is 1.75. The molecule has 0 aliphatic heterocycles. The zero-order valence-corrected chi connectivity index (χ0v) is 13.3. The number of ether oxygens (including phenoxy) is 1. The molecular weight excluding hydrogens is 248 g/mol. The molecule has 1 unspecified atom stereocenters. The molecule has 0 heterocycles. The molecular formula is C18H28O2. The van der Waals surface area contributed by atoms with Crippen molar-refractivity contribution >= 4 is 5.97 Å². The third kappa shape index (κ3) is 5.36. The lowest BCUT2D eigenvalue weighted by molar-refractivity contribution is 0.0257. The van der Waals surface area contributed by atoms with Crippen molar-refractivity contribution < 1.29 is 9.53 Å². The van der Waals surface area contributed by atoms with Gasteiger partial charge in [-0.2, -0.15) is 0 Å². The van der Waals surface area contributed by atoms with Crippen molar-refractivity contribution in [3.05, 3.63) is 35.4 Å². The zero-order chi connectivity index (χ0) is 15.0. The lowest BCUT2D eigenvalue weighted by atomic mass is 9.95. The van der Waals surface area contributed by atoms with Crippen molar-refractivity contribution in [2.24, 2.45) is 5.92 Å². The van der Waals surface area contributed by atoms with Crippen LogP contribution in [-0.2, 0) is 4.74 Å². The van der Waals surface area contributed by atoms with Gasteiger partial charge < -0.3 is 4.74 Å². The van der Waals surface area contributed by atoms with Crippen molar-refractivity contribution in [3.8, 4) is 0 Å². The van der Waals surface area contributed by atoms with E-state index in [2.05, 4.69) is 20.8 Å². The number of carbonyl (C=O) groups is 1. The molecule has 20 heavy (non-hydrogen) atoms. The summed E-state index contributed by atoms with van der Waals surface area (Å²) >= 11 is 0. The highest BCUT2D eigenvalue weighted by Gasteiger charge is 2.16. The topological polar surface area (TPSA) is 26.3 Å². The Morgan fingerprint density at radius 2 is 1.80 bits per heavy atom. The highest BCUT2D eigenvalue weighted by atomic mass is 16.5. The lowest BCUT2D eigenvalue weighted by Crippen LogP contribution is -2.18. The molecule has 112 valence electrons. The standard InChI is InChI=1S/C18H28O2/c1-5-15(6-2)11-12-17(7-3)20-18(19)16-10-8-9-14(4)13-16/h8-10,13,15,17H,5-7,11-12H2,1-4H3.